The number of rotatable bonds is 2. The number of hydrogen-bond acceptors (Lipinski definition) is 3. The SMILES string of the molecule is Nc1n[nH]c(-c2ccc(F)cc2Br)c1-c1cccnc1. The Labute approximate surface area is 123 Å². The van der Waals surface area contributed by atoms with E-state index in [1.165, 1.54) is 12.1 Å². The molecule has 0 saturated heterocycles. The number of nitrogens with zero attached hydrogens (tertiary/aromatic N) is 2. The third-order valence-corrected chi connectivity index (χ3v) is 3.60. The second-order valence-corrected chi connectivity index (χ2v) is 5.08. The van der Waals surface area contributed by atoms with Crippen LogP contribution in [0.15, 0.2) is 47.2 Å². The zero-order valence-electron chi connectivity index (χ0n) is 10.3. The second kappa shape index (κ2) is 5.05. The number of pyridine rings is 1. The summed E-state index contributed by atoms with van der Waals surface area (Å²) in [5.41, 5.74) is 9.05. The summed E-state index contributed by atoms with van der Waals surface area (Å²) in [5, 5.41) is 6.94. The Kier molecular flexibility index (Phi) is 3.23. The van der Waals surface area contributed by atoms with Crippen LogP contribution >= 0.6 is 15.9 Å². The van der Waals surface area contributed by atoms with E-state index >= 15 is 0 Å². The van der Waals surface area contributed by atoms with Crippen LogP contribution < -0.4 is 5.73 Å². The van der Waals surface area contributed by atoms with Crippen molar-refractivity contribution in [3.63, 3.8) is 0 Å². The molecule has 2 aromatic heterocycles. The van der Waals surface area contributed by atoms with E-state index in [-0.39, 0.29) is 5.82 Å². The van der Waals surface area contributed by atoms with Crippen LogP contribution in [-0.4, -0.2) is 15.2 Å². The molecule has 0 amide bonds. The predicted molar refractivity (Wildman–Crippen MR) is 79.3 cm³/mol. The minimum Gasteiger partial charge on any atom is -0.382 e. The summed E-state index contributed by atoms with van der Waals surface area (Å²) >= 11 is 3.36. The van der Waals surface area contributed by atoms with Gasteiger partial charge in [0.25, 0.3) is 0 Å². The molecule has 0 spiro atoms. The number of hydrogen-bond donors (Lipinski definition) is 2. The van der Waals surface area contributed by atoms with Gasteiger partial charge in [0, 0.05) is 28.0 Å². The Balaban J connectivity index is 2.21. The number of aromatic amines is 1. The minimum absolute atomic E-state index is 0.309. The van der Waals surface area contributed by atoms with Crippen LogP contribution in [0.1, 0.15) is 0 Å². The Morgan fingerprint density at radius 1 is 1.25 bits per heavy atom. The van der Waals surface area contributed by atoms with Gasteiger partial charge in [-0.05, 0) is 40.2 Å². The summed E-state index contributed by atoms with van der Waals surface area (Å²) < 4.78 is 13.8. The Bertz CT molecular complexity index is 755. The van der Waals surface area contributed by atoms with E-state index in [0.717, 1.165) is 22.4 Å². The molecule has 2 heterocycles. The topological polar surface area (TPSA) is 67.6 Å². The van der Waals surface area contributed by atoms with E-state index in [0.29, 0.717) is 10.3 Å². The molecule has 0 bridgehead atoms. The molecule has 4 nitrogen and oxygen atoms in total. The molecule has 100 valence electrons. The van der Waals surface area contributed by atoms with Gasteiger partial charge in [0.2, 0.25) is 0 Å². The first-order valence-corrected chi connectivity index (χ1v) is 6.66. The van der Waals surface area contributed by atoms with Gasteiger partial charge < -0.3 is 5.73 Å². The zero-order chi connectivity index (χ0) is 14.1. The number of aromatic nitrogens is 3. The maximum Gasteiger partial charge on any atom is 0.153 e. The van der Waals surface area contributed by atoms with Crippen LogP contribution in [0.2, 0.25) is 0 Å². The molecule has 3 rings (SSSR count). The second-order valence-electron chi connectivity index (χ2n) is 4.22. The predicted octanol–water partition coefficient (Wildman–Crippen LogP) is 3.62. The standard InChI is InChI=1S/C14H10BrFN4/c15-11-6-9(16)3-4-10(11)13-12(14(17)20-19-13)8-2-1-5-18-7-8/h1-7H,(H3,17,19,20). The number of nitrogens with one attached hydrogen (secondary N) is 1. The molecule has 20 heavy (non-hydrogen) atoms. The van der Waals surface area contributed by atoms with E-state index in [1.807, 2.05) is 12.1 Å². The molecule has 0 aliphatic carbocycles. The van der Waals surface area contributed by atoms with Crippen LogP contribution in [-0.2, 0) is 0 Å². The summed E-state index contributed by atoms with van der Waals surface area (Å²) in [5.74, 6) is 0.0697. The third-order valence-electron chi connectivity index (χ3n) is 2.94. The molecule has 6 heteroatoms. The van der Waals surface area contributed by atoms with E-state index in [1.54, 1.807) is 18.5 Å². The maximum absolute atomic E-state index is 13.2. The van der Waals surface area contributed by atoms with Gasteiger partial charge >= 0.3 is 0 Å². The number of H-pyrrole nitrogens is 1. The average molecular weight is 333 g/mol. The molecule has 1 aromatic carbocycles. The van der Waals surface area contributed by atoms with E-state index in [2.05, 4.69) is 31.1 Å². The Morgan fingerprint density at radius 2 is 2.10 bits per heavy atom. The molecule has 0 radical (unpaired) electrons. The number of halogens is 2. The Morgan fingerprint density at radius 3 is 2.80 bits per heavy atom. The van der Waals surface area contributed by atoms with Crippen molar-refractivity contribution in [1.82, 2.24) is 15.2 Å². The van der Waals surface area contributed by atoms with Crippen molar-refractivity contribution in [3.05, 3.63) is 53.0 Å². The first-order valence-electron chi connectivity index (χ1n) is 5.86. The number of benzene rings is 1. The maximum atomic E-state index is 13.2. The lowest BCUT2D eigenvalue weighted by molar-refractivity contribution is 0.627. The lowest BCUT2D eigenvalue weighted by Gasteiger charge is -2.06. The van der Waals surface area contributed by atoms with Crippen LogP contribution in [0, 0.1) is 5.82 Å². The summed E-state index contributed by atoms with van der Waals surface area (Å²) in [7, 11) is 0. The van der Waals surface area contributed by atoms with Gasteiger partial charge in [-0.25, -0.2) is 4.39 Å². The van der Waals surface area contributed by atoms with Gasteiger partial charge in [0.1, 0.15) is 5.82 Å². The van der Waals surface area contributed by atoms with Crippen molar-refractivity contribution in [2.45, 2.75) is 0 Å². The normalized spacial score (nSPS) is 10.7. The van der Waals surface area contributed by atoms with Crippen molar-refractivity contribution in [3.8, 4) is 22.4 Å². The highest BCUT2D eigenvalue weighted by Gasteiger charge is 2.17. The van der Waals surface area contributed by atoms with Crippen LogP contribution in [0.3, 0.4) is 0 Å². The van der Waals surface area contributed by atoms with E-state index in [4.69, 9.17) is 5.73 Å². The molecular formula is C14H10BrFN4. The van der Waals surface area contributed by atoms with Gasteiger partial charge in [-0.15, -0.1) is 0 Å². The zero-order valence-corrected chi connectivity index (χ0v) is 11.9. The highest BCUT2D eigenvalue weighted by molar-refractivity contribution is 9.10. The first kappa shape index (κ1) is 12.8. The fourth-order valence-electron chi connectivity index (χ4n) is 2.05. The summed E-state index contributed by atoms with van der Waals surface area (Å²) in [6, 6.07) is 8.19. The molecular weight excluding hydrogens is 323 g/mol. The van der Waals surface area contributed by atoms with Crippen molar-refractivity contribution < 1.29 is 4.39 Å². The average Bonchev–Trinajstić information content (AvgIpc) is 2.81. The van der Waals surface area contributed by atoms with Gasteiger partial charge in [0.05, 0.1) is 11.3 Å². The van der Waals surface area contributed by atoms with Gasteiger partial charge in [-0.3, -0.25) is 10.1 Å². The highest BCUT2D eigenvalue weighted by atomic mass is 79.9. The number of nitrogens with two attached hydrogens (primary N) is 1. The van der Waals surface area contributed by atoms with Crippen LogP contribution in [0.4, 0.5) is 10.2 Å². The quantitative estimate of drug-likeness (QED) is 0.753. The van der Waals surface area contributed by atoms with E-state index in [9.17, 15) is 4.39 Å². The lowest BCUT2D eigenvalue weighted by Crippen LogP contribution is -1.90. The molecule has 0 aliphatic heterocycles. The van der Waals surface area contributed by atoms with Crippen molar-refractivity contribution >= 4 is 21.7 Å². The van der Waals surface area contributed by atoms with Crippen molar-refractivity contribution in [2.75, 3.05) is 5.73 Å². The molecule has 0 unspecified atom stereocenters. The number of anilines is 1. The minimum atomic E-state index is -0.309. The smallest absolute Gasteiger partial charge is 0.153 e. The first-order chi connectivity index (χ1) is 9.66. The molecule has 3 aromatic rings. The molecule has 0 aliphatic rings. The fraction of sp³-hybridized carbons (Fsp3) is 0. The summed E-state index contributed by atoms with van der Waals surface area (Å²) in [6.07, 6.45) is 3.40. The van der Waals surface area contributed by atoms with Crippen LogP contribution in [0.25, 0.3) is 22.4 Å². The molecule has 3 N–H and O–H groups in total. The highest BCUT2D eigenvalue weighted by Crippen LogP contribution is 2.37. The van der Waals surface area contributed by atoms with Crippen molar-refractivity contribution in [2.24, 2.45) is 0 Å². The lowest BCUT2D eigenvalue weighted by atomic mass is 10.0. The largest absolute Gasteiger partial charge is 0.382 e. The fourth-order valence-corrected chi connectivity index (χ4v) is 2.60. The number of nitrogen functional groups attached to an aromatic ring is 1. The summed E-state index contributed by atoms with van der Waals surface area (Å²) in [6.45, 7) is 0. The van der Waals surface area contributed by atoms with Gasteiger partial charge in [-0.1, -0.05) is 6.07 Å². The third kappa shape index (κ3) is 2.18. The van der Waals surface area contributed by atoms with Gasteiger partial charge in [0.15, 0.2) is 5.82 Å². The molecule has 0 fully saturated rings. The van der Waals surface area contributed by atoms with E-state index < -0.39 is 0 Å². The monoisotopic (exact) mass is 332 g/mol. The van der Waals surface area contributed by atoms with Crippen molar-refractivity contribution in [1.29, 1.82) is 0 Å². The molecule has 0 saturated carbocycles. The summed E-state index contributed by atoms with van der Waals surface area (Å²) in [4.78, 5) is 4.08. The Hall–Kier alpha value is -2.21. The molecule has 0 atom stereocenters. The van der Waals surface area contributed by atoms with Gasteiger partial charge in [-0.2, -0.15) is 5.10 Å². The van der Waals surface area contributed by atoms with Crippen LogP contribution in [0.5, 0.6) is 0 Å².